The summed E-state index contributed by atoms with van der Waals surface area (Å²) >= 11 is 0. The number of anilines is 1. The van der Waals surface area contributed by atoms with Gasteiger partial charge in [-0.25, -0.2) is 0 Å². The van der Waals surface area contributed by atoms with Crippen molar-refractivity contribution in [3.05, 3.63) is 76.6 Å². The van der Waals surface area contributed by atoms with Crippen molar-refractivity contribution in [2.24, 2.45) is 0 Å². The van der Waals surface area contributed by atoms with Crippen LogP contribution in [-0.2, 0) is 20.7 Å². The van der Waals surface area contributed by atoms with Gasteiger partial charge in [-0.3, -0.25) is 14.4 Å². The van der Waals surface area contributed by atoms with Gasteiger partial charge in [-0.05, 0) is 55.2 Å². The molecule has 0 bridgehead atoms. The molecule has 3 aliphatic rings. The standard InChI is InChI=1S/C33H37N5O4/c1-20-18-38(19-21(2)35-20)30(39)15-23-6-4-7-24(14-23)25-8-5-9-28-31(25)26(32(40)36-28)16-29-22(3)27(17-34-29)33(41)37-10-12-42-13-11-37/h4-9,14,16-17,20-21,34-35H,10-13,15,18-19H2,1-3H3,(H,36,40)/b26-16-/t20-,21+. The lowest BCUT2D eigenvalue weighted by molar-refractivity contribution is -0.132. The molecule has 218 valence electrons. The van der Waals surface area contributed by atoms with Crippen LogP contribution in [0.2, 0.25) is 0 Å². The molecule has 3 aliphatic heterocycles. The van der Waals surface area contributed by atoms with Gasteiger partial charge in [-0.2, -0.15) is 0 Å². The lowest BCUT2D eigenvalue weighted by atomic mass is 9.92. The molecular formula is C33H37N5O4. The Hall–Kier alpha value is -4.21. The second-order valence-corrected chi connectivity index (χ2v) is 11.5. The number of hydrogen-bond donors (Lipinski definition) is 3. The maximum absolute atomic E-state index is 13.2. The Morgan fingerprint density at radius 1 is 1.02 bits per heavy atom. The van der Waals surface area contributed by atoms with E-state index in [1.807, 2.05) is 60.4 Å². The number of rotatable bonds is 5. The molecule has 0 spiro atoms. The van der Waals surface area contributed by atoms with Crippen LogP contribution in [-0.4, -0.2) is 84.0 Å². The number of amides is 3. The molecule has 0 aliphatic carbocycles. The molecule has 3 aromatic rings. The first-order chi connectivity index (χ1) is 20.3. The molecule has 3 amide bonds. The van der Waals surface area contributed by atoms with Crippen LogP contribution in [0.25, 0.3) is 22.8 Å². The van der Waals surface area contributed by atoms with Gasteiger partial charge in [0.25, 0.3) is 11.8 Å². The lowest BCUT2D eigenvalue weighted by Crippen LogP contribution is -2.56. The first-order valence-corrected chi connectivity index (χ1v) is 14.6. The number of carbonyl (C=O) groups is 3. The summed E-state index contributed by atoms with van der Waals surface area (Å²) < 4.78 is 5.39. The van der Waals surface area contributed by atoms with E-state index in [-0.39, 0.29) is 29.8 Å². The number of benzene rings is 2. The highest BCUT2D eigenvalue weighted by atomic mass is 16.5. The monoisotopic (exact) mass is 567 g/mol. The number of piperazine rings is 1. The van der Waals surface area contributed by atoms with Gasteiger partial charge < -0.3 is 30.2 Å². The fraction of sp³-hybridized carbons (Fsp3) is 0.364. The normalized spacial score (nSPS) is 21.4. The van der Waals surface area contributed by atoms with Crippen LogP contribution in [0.1, 0.15) is 46.6 Å². The Morgan fingerprint density at radius 2 is 1.76 bits per heavy atom. The van der Waals surface area contributed by atoms with E-state index < -0.39 is 0 Å². The molecule has 3 N–H and O–H groups in total. The summed E-state index contributed by atoms with van der Waals surface area (Å²) in [6.45, 7) is 9.72. The van der Waals surface area contributed by atoms with E-state index in [0.29, 0.717) is 57.0 Å². The highest BCUT2D eigenvalue weighted by Crippen LogP contribution is 2.41. The average molecular weight is 568 g/mol. The van der Waals surface area contributed by atoms with Gasteiger partial charge in [0.2, 0.25) is 5.91 Å². The fourth-order valence-corrected chi connectivity index (χ4v) is 6.26. The molecule has 2 saturated heterocycles. The number of carbonyl (C=O) groups excluding carboxylic acids is 3. The molecule has 0 radical (unpaired) electrons. The van der Waals surface area contributed by atoms with Crippen molar-refractivity contribution in [3.63, 3.8) is 0 Å². The maximum atomic E-state index is 13.2. The zero-order valence-electron chi connectivity index (χ0n) is 24.3. The van der Waals surface area contributed by atoms with Crippen molar-refractivity contribution < 1.29 is 19.1 Å². The predicted molar refractivity (Wildman–Crippen MR) is 163 cm³/mol. The van der Waals surface area contributed by atoms with Crippen molar-refractivity contribution >= 4 is 35.1 Å². The Balaban J connectivity index is 1.29. The van der Waals surface area contributed by atoms with Crippen molar-refractivity contribution in [2.75, 3.05) is 44.7 Å². The smallest absolute Gasteiger partial charge is 0.256 e. The number of aromatic nitrogens is 1. The van der Waals surface area contributed by atoms with E-state index in [1.165, 1.54) is 0 Å². The van der Waals surface area contributed by atoms with Gasteiger partial charge in [-0.1, -0.05) is 36.4 Å². The number of morpholine rings is 1. The second kappa shape index (κ2) is 11.6. The van der Waals surface area contributed by atoms with Gasteiger partial charge in [0, 0.05) is 61.4 Å². The molecule has 6 rings (SSSR count). The molecule has 0 unspecified atom stereocenters. The average Bonchev–Trinajstić information content (AvgIpc) is 3.51. The van der Waals surface area contributed by atoms with E-state index in [9.17, 15) is 14.4 Å². The molecule has 2 aromatic carbocycles. The number of fused-ring (bicyclic) bond motifs is 1. The van der Waals surface area contributed by atoms with Crippen LogP contribution < -0.4 is 10.6 Å². The van der Waals surface area contributed by atoms with E-state index in [1.54, 1.807) is 11.1 Å². The zero-order chi connectivity index (χ0) is 29.4. The minimum atomic E-state index is -0.194. The third-order valence-corrected chi connectivity index (χ3v) is 8.33. The van der Waals surface area contributed by atoms with E-state index in [0.717, 1.165) is 39.2 Å². The molecule has 9 nitrogen and oxygen atoms in total. The summed E-state index contributed by atoms with van der Waals surface area (Å²) in [5.41, 5.74) is 6.98. The molecular weight excluding hydrogens is 530 g/mol. The fourth-order valence-electron chi connectivity index (χ4n) is 6.26. The largest absolute Gasteiger partial charge is 0.378 e. The Bertz CT molecular complexity index is 1560. The number of aromatic amines is 1. The van der Waals surface area contributed by atoms with Gasteiger partial charge in [0.15, 0.2) is 0 Å². The topological polar surface area (TPSA) is 107 Å². The van der Waals surface area contributed by atoms with Crippen LogP contribution >= 0.6 is 0 Å². The van der Waals surface area contributed by atoms with Crippen LogP contribution in [0.4, 0.5) is 5.69 Å². The molecule has 42 heavy (non-hydrogen) atoms. The van der Waals surface area contributed by atoms with Crippen LogP contribution in [0.5, 0.6) is 0 Å². The molecule has 0 saturated carbocycles. The molecule has 2 atom stereocenters. The van der Waals surface area contributed by atoms with Crippen LogP contribution in [0.3, 0.4) is 0 Å². The number of ether oxygens (including phenoxy) is 1. The van der Waals surface area contributed by atoms with Gasteiger partial charge in [0.05, 0.1) is 30.8 Å². The van der Waals surface area contributed by atoms with Gasteiger partial charge >= 0.3 is 0 Å². The molecule has 9 heteroatoms. The summed E-state index contributed by atoms with van der Waals surface area (Å²) in [7, 11) is 0. The van der Waals surface area contributed by atoms with Crippen molar-refractivity contribution in [1.82, 2.24) is 20.1 Å². The van der Waals surface area contributed by atoms with Crippen molar-refractivity contribution in [1.29, 1.82) is 0 Å². The van der Waals surface area contributed by atoms with E-state index in [4.69, 9.17) is 4.74 Å². The first-order valence-electron chi connectivity index (χ1n) is 14.6. The van der Waals surface area contributed by atoms with Gasteiger partial charge in [0.1, 0.15) is 0 Å². The number of nitrogens with zero attached hydrogens (tertiary/aromatic N) is 2. The van der Waals surface area contributed by atoms with Crippen molar-refractivity contribution in [3.8, 4) is 11.1 Å². The number of nitrogens with one attached hydrogen (secondary N) is 3. The Morgan fingerprint density at radius 3 is 2.52 bits per heavy atom. The van der Waals surface area contributed by atoms with Crippen LogP contribution in [0, 0.1) is 6.92 Å². The summed E-state index contributed by atoms with van der Waals surface area (Å²) in [5, 5.41) is 6.47. The minimum Gasteiger partial charge on any atom is -0.378 e. The predicted octanol–water partition coefficient (Wildman–Crippen LogP) is 3.71. The minimum absolute atomic E-state index is 0.0373. The van der Waals surface area contributed by atoms with Gasteiger partial charge in [-0.15, -0.1) is 0 Å². The second-order valence-electron chi connectivity index (χ2n) is 11.5. The zero-order valence-corrected chi connectivity index (χ0v) is 24.3. The van der Waals surface area contributed by atoms with E-state index in [2.05, 4.69) is 29.5 Å². The Labute approximate surface area is 245 Å². The number of H-pyrrole nitrogens is 1. The third kappa shape index (κ3) is 5.49. The number of hydrogen-bond acceptors (Lipinski definition) is 5. The summed E-state index contributed by atoms with van der Waals surface area (Å²) in [6.07, 6.45) is 3.87. The van der Waals surface area contributed by atoms with Crippen LogP contribution in [0.15, 0.2) is 48.7 Å². The molecule has 2 fully saturated rings. The lowest BCUT2D eigenvalue weighted by Gasteiger charge is -2.36. The third-order valence-electron chi connectivity index (χ3n) is 8.33. The molecule has 4 heterocycles. The molecule has 1 aromatic heterocycles. The Kier molecular flexibility index (Phi) is 7.70. The highest BCUT2D eigenvalue weighted by molar-refractivity contribution is 6.36. The summed E-state index contributed by atoms with van der Waals surface area (Å²) in [6, 6.07) is 14.4. The summed E-state index contributed by atoms with van der Waals surface area (Å²) in [5.74, 6) is -0.113. The SMILES string of the molecule is Cc1c(C(=O)N2CCOCC2)c[nH]c1/C=C1\C(=O)Nc2cccc(-c3cccc(CC(=O)N4C[C@@H](C)N[C@@H](C)C4)c3)c21. The summed E-state index contributed by atoms with van der Waals surface area (Å²) in [4.78, 5) is 46.5. The quantitative estimate of drug-likeness (QED) is 0.408. The first kappa shape index (κ1) is 27.9. The van der Waals surface area contributed by atoms with Crippen molar-refractivity contribution in [2.45, 2.75) is 39.3 Å². The highest BCUT2D eigenvalue weighted by Gasteiger charge is 2.29. The van der Waals surface area contributed by atoms with E-state index >= 15 is 0 Å². The maximum Gasteiger partial charge on any atom is 0.256 e.